The number of nitrogens with zero attached hydrogens (tertiary/aromatic N) is 2. The van der Waals surface area contributed by atoms with Crippen LogP contribution in [0.1, 0.15) is 58.1 Å². The van der Waals surface area contributed by atoms with Gasteiger partial charge in [-0.05, 0) is 46.1 Å². The number of nitrogens with one attached hydrogen (secondary N) is 1. The third-order valence-electron chi connectivity index (χ3n) is 4.04. The van der Waals surface area contributed by atoms with Gasteiger partial charge in [0.2, 0.25) is 5.88 Å². The van der Waals surface area contributed by atoms with E-state index in [4.69, 9.17) is 4.74 Å². The summed E-state index contributed by atoms with van der Waals surface area (Å²) in [5, 5.41) is 3.64. The topological polar surface area (TPSA) is 47.0 Å². The monoisotopic (exact) mass is 277 g/mol. The normalized spacial score (nSPS) is 23.6. The molecule has 0 spiro atoms. The minimum atomic E-state index is 0.161. The van der Waals surface area contributed by atoms with E-state index in [0.29, 0.717) is 17.7 Å². The maximum Gasteiger partial charge on any atom is 0.235 e. The molecule has 1 aromatic heterocycles. The molecule has 1 saturated carbocycles. The minimum absolute atomic E-state index is 0.161. The van der Waals surface area contributed by atoms with Gasteiger partial charge in [-0.25, -0.2) is 4.98 Å². The van der Waals surface area contributed by atoms with Gasteiger partial charge in [0.1, 0.15) is 5.69 Å². The summed E-state index contributed by atoms with van der Waals surface area (Å²) in [5.41, 5.74) is 1.20. The van der Waals surface area contributed by atoms with E-state index in [1.54, 1.807) is 19.5 Å². The number of aromatic nitrogens is 2. The van der Waals surface area contributed by atoms with Crippen LogP contribution in [0.4, 0.5) is 0 Å². The van der Waals surface area contributed by atoms with Gasteiger partial charge in [0.15, 0.2) is 0 Å². The fraction of sp³-hybridized carbons (Fsp3) is 0.750. The van der Waals surface area contributed by atoms with Gasteiger partial charge in [-0.15, -0.1) is 0 Å². The van der Waals surface area contributed by atoms with E-state index < -0.39 is 0 Å². The predicted molar refractivity (Wildman–Crippen MR) is 81.0 cm³/mol. The summed E-state index contributed by atoms with van der Waals surface area (Å²) in [4.78, 5) is 8.86. The standard InChI is InChI=1S/C16H27N3O/c1-16(2,3)19-11-12-7-5-6-8-13(12)14-15(20-4)18-10-9-17-14/h9-10,12-13,19H,5-8,11H2,1-4H3. The number of methoxy groups -OCH3 is 1. The van der Waals surface area contributed by atoms with Gasteiger partial charge >= 0.3 is 0 Å². The lowest BCUT2D eigenvalue weighted by atomic mass is 9.77. The molecule has 0 bridgehead atoms. The number of ether oxygens (including phenoxy) is 1. The third-order valence-corrected chi connectivity index (χ3v) is 4.04. The first kappa shape index (κ1) is 15.2. The van der Waals surface area contributed by atoms with E-state index in [2.05, 4.69) is 36.1 Å². The maximum absolute atomic E-state index is 5.40. The summed E-state index contributed by atoms with van der Waals surface area (Å²) in [6.07, 6.45) is 8.51. The smallest absolute Gasteiger partial charge is 0.235 e. The van der Waals surface area contributed by atoms with E-state index in [1.165, 1.54) is 25.7 Å². The van der Waals surface area contributed by atoms with Gasteiger partial charge in [-0.2, -0.15) is 0 Å². The highest BCUT2D eigenvalue weighted by Crippen LogP contribution is 2.39. The lowest BCUT2D eigenvalue weighted by Crippen LogP contribution is -2.41. The van der Waals surface area contributed by atoms with Crippen LogP contribution in [0.2, 0.25) is 0 Å². The first-order chi connectivity index (χ1) is 9.51. The van der Waals surface area contributed by atoms with E-state index in [0.717, 1.165) is 12.2 Å². The third kappa shape index (κ3) is 3.92. The van der Waals surface area contributed by atoms with E-state index in [1.807, 2.05) is 0 Å². The molecule has 2 rings (SSSR count). The van der Waals surface area contributed by atoms with Crippen LogP contribution in [-0.2, 0) is 0 Å². The fourth-order valence-corrected chi connectivity index (χ4v) is 3.00. The lowest BCUT2D eigenvalue weighted by Gasteiger charge is -2.34. The lowest BCUT2D eigenvalue weighted by molar-refractivity contribution is 0.259. The Kier molecular flexibility index (Phi) is 4.97. The molecule has 2 atom stereocenters. The summed E-state index contributed by atoms with van der Waals surface area (Å²) in [6, 6.07) is 0. The van der Waals surface area contributed by atoms with Crippen LogP contribution in [0.3, 0.4) is 0 Å². The largest absolute Gasteiger partial charge is 0.480 e. The Morgan fingerprint density at radius 3 is 2.60 bits per heavy atom. The average Bonchev–Trinajstić information content (AvgIpc) is 2.44. The summed E-state index contributed by atoms with van der Waals surface area (Å²) in [7, 11) is 1.68. The molecule has 4 heteroatoms. The highest BCUT2D eigenvalue weighted by Gasteiger charge is 2.30. The van der Waals surface area contributed by atoms with Crippen molar-refractivity contribution in [3.05, 3.63) is 18.1 Å². The van der Waals surface area contributed by atoms with E-state index in [9.17, 15) is 0 Å². The van der Waals surface area contributed by atoms with Crippen LogP contribution in [0, 0.1) is 5.92 Å². The predicted octanol–water partition coefficient (Wildman–Crippen LogP) is 3.15. The minimum Gasteiger partial charge on any atom is -0.480 e. The van der Waals surface area contributed by atoms with Crippen LogP contribution in [0.25, 0.3) is 0 Å². The Balaban J connectivity index is 2.14. The zero-order valence-electron chi connectivity index (χ0n) is 13.1. The number of rotatable bonds is 4. The Morgan fingerprint density at radius 1 is 1.20 bits per heavy atom. The van der Waals surface area contributed by atoms with Crippen molar-refractivity contribution in [1.82, 2.24) is 15.3 Å². The average molecular weight is 277 g/mol. The second-order valence-corrected chi connectivity index (χ2v) is 6.73. The summed E-state index contributed by atoms with van der Waals surface area (Å²) in [5.74, 6) is 1.77. The molecule has 1 N–H and O–H groups in total. The van der Waals surface area contributed by atoms with E-state index >= 15 is 0 Å². The van der Waals surface area contributed by atoms with Crippen molar-refractivity contribution in [2.45, 2.75) is 57.9 Å². The van der Waals surface area contributed by atoms with Gasteiger partial charge in [-0.3, -0.25) is 4.98 Å². The SMILES string of the molecule is COc1nccnc1C1CCCCC1CNC(C)(C)C. The molecule has 0 aliphatic heterocycles. The summed E-state index contributed by atoms with van der Waals surface area (Å²) >= 11 is 0. The molecule has 1 aromatic rings. The Morgan fingerprint density at radius 2 is 1.90 bits per heavy atom. The van der Waals surface area contributed by atoms with Crippen molar-refractivity contribution in [1.29, 1.82) is 0 Å². The van der Waals surface area contributed by atoms with Crippen molar-refractivity contribution in [2.75, 3.05) is 13.7 Å². The number of hydrogen-bond acceptors (Lipinski definition) is 4. The fourth-order valence-electron chi connectivity index (χ4n) is 3.00. The van der Waals surface area contributed by atoms with Crippen molar-refractivity contribution in [3.63, 3.8) is 0 Å². The summed E-state index contributed by atoms with van der Waals surface area (Å²) in [6.45, 7) is 7.68. The Labute approximate surface area is 122 Å². The first-order valence-electron chi connectivity index (χ1n) is 7.61. The maximum atomic E-state index is 5.40. The van der Waals surface area contributed by atoms with Crippen molar-refractivity contribution < 1.29 is 4.74 Å². The van der Waals surface area contributed by atoms with Gasteiger partial charge in [0.05, 0.1) is 7.11 Å². The molecule has 4 nitrogen and oxygen atoms in total. The quantitative estimate of drug-likeness (QED) is 0.918. The van der Waals surface area contributed by atoms with Gasteiger partial charge < -0.3 is 10.1 Å². The van der Waals surface area contributed by atoms with Crippen LogP contribution in [-0.4, -0.2) is 29.2 Å². The molecule has 112 valence electrons. The number of hydrogen-bond donors (Lipinski definition) is 1. The van der Waals surface area contributed by atoms with Crippen molar-refractivity contribution in [3.8, 4) is 5.88 Å². The van der Waals surface area contributed by atoms with Gasteiger partial charge in [-0.1, -0.05) is 12.8 Å². The van der Waals surface area contributed by atoms with Crippen LogP contribution in [0.5, 0.6) is 5.88 Å². The molecule has 1 heterocycles. The Bertz CT molecular complexity index is 428. The highest BCUT2D eigenvalue weighted by molar-refractivity contribution is 5.23. The van der Waals surface area contributed by atoms with Gasteiger partial charge in [0, 0.05) is 23.9 Å². The first-order valence-corrected chi connectivity index (χ1v) is 7.61. The molecule has 0 aromatic carbocycles. The molecule has 20 heavy (non-hydrogen) atoms. The van der Waals surface area contributed by atoms with Crippen LogP contribution < -0.4 is 10.1 Å². The van der Waals surface area contributed by atoms with Crippen molar-refractivity contribution >= 4 is 0 Å². The Hall–Kier alpha value is -1.16. The van der Waals surface area contributed by atoms with Gasteiger partial charge in [0.25, 0.3) is 0 Å². The molecule has 0 amide bonds. The second-order valence-electron chi connectivity index (χ2n) is 6.73. The van der Waals surface area contributed by atoms with Crippen LogP contribution in [0.15, 0.2) is 12.4 Å². The van der Waals surface area contributed by atoms with Crippen molar-refractivity contribution in [2.24, 2.45) is 5.92 Å². The summed E-state index contributed by atoms with van der Waals surface area (Å²) < 4.78 is 5.40. The second kappa shape index (κ2) is 6.53. The molecule has 1 aliphatic carbocycles. The molecule has 1 aliphatic rings. The molecule has 1 fully saturated rings. The molecule has 2 unspecified atom stereocenters. The zero-order chi connectivity index (χ0) is 14.6. The molecular weight excluding hydrogens is 250 g/mol. The van der Waals surface area contributed by atoms with E-state index in [-0.39, 0.29) is 5.54 Å². The molecule has 0 radical (unpaired) electrons. The zero-order valence-corrected chi connectivity index (χ0v) is 13.1. The molecule has 0 saturated heterocycles. The highest BCUT2D eigenvalue weighted by atomic mass is 16.5. The van der Waals surface area contributed by atoms with Crippen LogP contribution >= 0.6 is 0 Å². The molecular formula is C16H27N3O.